The minimum atomic E-state index is -0.232. The van der Waals surface area contributed by atoms with Gasteiger partial charge in [-0.3, -0.25) is 4.79 Å². The van der Waals surface area contributed by atoms with Crippen LogP contribution < -0.4 is 0 Å². The molecule has 23 heavy (non-hydrogen) atoms. The van der Waals surface area contributed by atoms with Crippen LogP contribution in [0.2, 0.25) is 0 Å². The molecule has 2 aliphatic carbocycles. The third kappa shape index (κ3) is 1.86. The maximum atomic E-state index is 13.8. The van der Waals surface area contributed by atoms with Crippen molar-refractivity contribution in [2.45, 2.75) is 52.4 Å². The van der Waals surface area contributed by atoms with Gasteiger partial charge in [0.25, 0.3) is 0 Å². The zero-order valence-corrected chi connectivity index (χ0v) is 17.7. The van der Waals surface area contributed by atoms with Crippen LogP contribution in [0, 0.1) is 28.6 Å². The molecular formula is C19H21IOS2. The number of aryl methyl sites for hydroxylation is 1. The van der Waals surface area contributed by atoms with Crippen molar-refractivity contribution < 1.29 is 4.79 Å². The van der Waals surface area contributed by atoms with Crippen LogP contribution in [0.15, 0.2) is 6.07 Å². The largest absolute Gasteiger partial charge is 0.293 e. The molecule has 2 unspecified atom stereocenters. The molecular weight excluding hydrogens is 435 g/mol. The highest BCUT2D eigenvalue weighted by Gasteiger charge is 2.62. The Morgan fingerprint density at radius 2 is 1.83 bits per heavy atom. The van der Waals surface area contributed by atoms with E-state index in [-0.39, 0.29) is 5.41 Å². The van der Waals surface area contributed by atoms with E-state index in [9.17, 15) is 4.79 Å². The van der Waals surface area contributed by atoms with E-state index in [1.165, 1.54) is 35.1 Å². The zero-order chi connectivity index (χ0) is 16.5. The SMILES string of the molecule is CCC1CC(CC)C12C(=O)c1c(sc(C)c1C)-c1sc(I)cc12. The van der Waals surface area contributed by atoms with E-state index in [0.29, 0.717) is 17.6 Å². The Labute approximate surface area is 159 Å². The molecule has 4 heteroatoms. The van der Waals surface area contributed by atoms with Crippen molar-refractivity contribution in [2.24, 2.45) is 11.8 Å². The van der Waals surface area contributed by atoms with Gasteiger partial charge in [-0.1, -0.05) is 26.7 Å². The van der Waals surface area contributed by atoms with Gasteiger partial charge in [-0.15, -0.1) is 22.7 Å². The van der Waals surface area contributed by atoms with Gasteiger partial charge < -0.3 is 0 Å². The predicted octanol–water partition coefficient (Wildman–Crippen LogP) is 6.59. The van der Waals surface area contributed by atoms with Gasteiger partial charge in [0, 0.05) is 10.4 Å². The summed E-state index contributed by atoms with van der Waals surface area (Å²) < 4.78 is 1.31. The second-order valence-corrected chi connectivity index (χ2v) is 11.1. The molecule has 0 aliphatic heterocycles. The van der Waals surface area contributed by atoms with Gasteiger partial charge in [0.15, 0.2) is 5.78 Å². The fraction of sp³-hybridized carbons (Fsp3) is 0.526. The van der Waals surface area contributed by atoms with Crippen molar-refractivity contribution in [1.82, 2.24) is 0 Å². The maximum absolute atomic E-state index is 13.8. The molecule has 1 saturated carbocycles. The zero-order valence-electron chi connectivity index (χ0n) is 14.0. The number of rotatable bonds is 2. The summed E-state index contributed by atoms with van der Waals surface area (Å²) in [5.74, 6) is 1.45. The number of halogens is 1. The summed E-state index contributed by atoms with van der Waals surface area (Å²) in [4.78, 5) is 17.7. The molecule has 2 aliphatic rings. The molecule has 0 bridgehead atoms. The third-order valence-corrected chi connectivity index (χ3v) is 9.45. The van der Waals surface area contributed by atoms with Crippen LogP contribution in [0.25, 0.3) is 9.75 Å². The second-order valence-electron chi connectivity index (χ2n) is 6.92. The molecule has 0 saturated heterocycles. The number of hydrogen-bond donors (Lipinski definition) is 0. The van der Waals surface area contributed by atoms with Crippen LogP contribution in [0.4, 0.5) is 0 Å². The van der Waals surface area contributed by atoms with Crippen molar-refractivity contribution in [2.75, 3.05) is 0 Å². The van der Waals surface area contributed by atoms with Gasteiger partial charge in [0.2, 0.25) is 0 Å². The van der Waals surface area contributed by atoms with Crippen molar-refractivity contribution in [3.8, 4) is 9.75 Å². The highest BCUT2D eigenvalue weighted by Crippen LogP contribution is 2.64. The minimum absolute atomic E-state index is 0.232. The van der Waals surface area contributed by atoms with Crippen molar-refractivity contribution in [1.29, 1.82) is 0 Å². The fourth-order valence-electron chi connectivity index (χ4n) is 4.90. The highest BCUT2D eigenvalue weighted by molar-refractivity contribution is 14.1. The van der Waals surface area contributed by atoms with Crippen molar-refractivity contribution >= 4 is 51.0 Å². The predicted molar refractivity (Wildman–Crippen MR) is 108 cm³/mol. The van der Waals surface area contributed by atoms with Gasteiger partial charge in [-0.05, 0) is 71.9 Å². The fourth-order valence-corrected chi connectivity index (χ4v) is 8.14. The van der Waals surface area contributed by atoms with E-state index in [0.717, 1.165) is 18.4 Å². The quantitative estimate of drug-likeness (QED) is 0.466. The van der Waals surface area contributed by atoms with Crippen LogP contribution in [0.5, 0.6) is 0 Å². The van der Waals surface area contributed by atoms with Crippen LogP contribution in [-0.4, -0.2) is 5.78 Å². The monoisotopic (exact) mass is 456 g/mol. The van der Waals surface area contributed by atoms with Crippen molar-refractivity contribution in [3.63, 3.8) is 0 Å². The number of fused-ring (bicyclic) bond motifs is 4. The lowest BCUT2D eigenvalue weighted by molar-refractivity contribution is 0.0201. The van der Waals surface area contributed by atoms with E-state index in [4.69, 9.17) is 0 Å². The molecule has 2 aromatic rings. The van der Waals surface area contributed by atoms with Crippen LogP contribution in [0.1, 0.15) is 59.5 Å². The average Bonchev–Trinajstić information content (AvgIpc) is 3.01. The Morgan fingerprint density at radius 1 is 1.17 bits per heavy atom. The van der Waals surface area contributed by atoms with Crippen molar-refractivity contribution in [3.05, 3.63) is 30.5 Å². The first kappa shape index (κ1) is 16.3. The van der Waals surface area contributed by atoms with Gasteiger partial charge in [-0.2, -0.15) is 0 Å². The number of thiophene rings is 2. The maximum Gasteiger partial charge on any atom is 0.175 e. The highest BCUT2D eigenvalue weighted by atomic mass is 127. The molecule has 2 atom stereocenters. The molecule has 122 valence electrons. The first-order valence-electron chi connectivity index (χ1n) is 8.41. The van der Waals surface area contributed by atoms with Gasteiger partial charge in [0.05, 0.1) is 18.1 Å². The Bertz CT molecular complexity index is 804. The standard InChI is InChI=1S/C19H21IOS2/c1-5-11-7-12(6-2)19(11)13-8-14(20)23-16(13)17-15(18(19)21)9(3)10(4)22-17/h8,11-12H,5-7H2,1-4H3. The summed E-state index contributed by atoms with van der Waals surface area (Å²) in [6.45, 7) is 8.81. The molecule has 1 spiro atoms. The number of ketones is 1. The number of carbonyl (C=O) groups excluding carboxylic acids is 1. The summed E-state index contributed by atoms with van der Waals surface area (Å²) in [5, 5.41) is 0. The van der Waals surface area contributed by atoms with E-state index in [2.05, 4.69) is 56.4 Å². The second kappa shape index (κ2) is 5.40. The lowest BCUT2D eigenvalue weighted by Gasteiger charge is -2.56. The van der Waals surface area contributed by atoms with E-state index in [1.54, 1.807) is 0 Å². The number of hydrogen-bond acceptors (Lipinski definition) is 3. The Hall–Kier alpha value is -0.200. The van der Waals surface area contributed by atoms with Gasteiger partial charge >= 0.3 is 0 Å². The molecule has 4 rings (SSSR count). The number of carbonyl (C=O) groups is 1. The summed E-state index contributed by atoms with van der Waals surface area (Å²) in [5.41, 5.74) is 3.40. The Kier molecular flexibility index (Phi) is 3.82. The lowest BCUT2D eigenvalue weighted by atomic mass is 9.45. The molecule has 0 radical (unpaired) electrons. The minimum Gasteiger partial charge on any atom is -0.293 e. The third-order valence-electron chi connectivity index (χ3n) is 6.18. The molecule has 0 aromatic carbocycles. The lowest BCUT2D eigenvalue weighted by Crippen LogP contribution is -2.59. The first-order chi connectivity index (χ1) is 11.0. The van der Waals surface area contributed by atoms with Crippen LogP contribution >= 0.6 is 45.3 Å². The number of Topliss-reactive ketones (excluding diaryl/α,β-unsaturated/α-hetero) is 1. The van der Waals surface area contributed by atoms with Gasteiger partial charge in [0.1, 0.15) is 0 Å². The van der Waals surface area contributed by atoms with Crippen LogP contribution in [-0.2, 0) is 5.41 Å². The smallest absolute Gasteiger partial charge is 0.175 e. The average molecular weight is 456 g/mol. The Morgan fingerprint density at radius 3 is 2.43 bits per heavy atom. The first-order valence-corrected chi connectivity index (χ1v) is 11.1. The normalized spacial score (nSPS) is 28.7. The summed E-state index contributed by atoms with van der Waals surface area (Å²) in [7, 11) is 0. The molecule has 0 amide bonds. The van der Waals surface area contributed by atoms with E-state index in [1.807, 2.05) is 22.7 Å². The summed E-state index contributed by atoms with van der Waals surface area (Å²) >= 11 is 6.12. The van der Waals surface area contributed by atoms with E-state index < -0.39 is 0 Å². The molecule has 2 aromatic heterocycles. The Balaban J connectivity index is 2.06. The topological polar surface area (TPSA) is 17.1 Å². The molecule has 1 nitrogen and oxygen atoms in total. The van der Waals surface area contributed by atoms with E-state index >= 15 is 0 Å². The summed E-state index contributed by atoms with van der Waals surface area (Å²) in [6, 6.07) is 2.32. The van der Waals surface area contributed by atoms with Gasteiger partial charge in [-0.25, -0.2) is 0 Å². The summed E-state index contributed by atoms with van der Waals surface area (Å²) in [6.07, 6.45) is 3.42. The molecule has 2 heterocycles. The molecule has 1 fully saturated rings. The van der Waals surface area contributed by atoms with Crippen LogP contribution in [0.3, 0.4) is 0 Å². The molecule has 0 N–H and O–H groups in total.